The second-order valence-corrected chi connectivity index (χ2v) is 3.34. The van der Waals surface area contributed by atoms with Crippen LogP contribution in [-0.4, -0.2) is 5.78 Å². The molecule has 2 nitrogen and oxygen atoms in total. The van der Waals surface area contributed by atoms with Gasteiger partial charge in [0.05, 0.1) is 0 Å². The molecule has 0 amide bonds. The van der Waals surface area contributed by atoms with E-state index in [2.05, 4.69) is 12.0 Å². The van der Waals surface area contributed by atoms with Crippen LogP contribution in [0.4, 0.5) is 0 Å². The van der Waals surface area contributed by atoms with Gasteiger partial charge in [-0.15, -0.1) is 0 Å². The molecule has 82 valence electrons. The Morgan fingerprint density at radius 2 is 1.47 bits per heavy atom. The predicted molar refractivity (Wildman–Crippen MR) is 65.6 cm³/mol. The number of benzene rings is 2. The Kier molecular flexibility index (Phi) is 3.57. The highest BCUT2D eigenvalue weighted by molar-refractivity contribution is 6.08. The van der Waals surface area contributed by atoms with Gasteiger partial charge in [-0.3, -0.25) is 4.79 Å². The minimum Gasteiger partial charge on any atom is -0.407 e. The van der Waals surface area contributed by atoms with Gasteiger partial charge < -0.3 is 4.74 Å². The maximum Gasteiger partial charge on any atom is 0.239 e. The normalized spacial score (nSPS) is 8.94. The van der Waals surface area contributed by atoms with E-state index in [0.29, 0.717) is 11.3 Å². The number of carbonyl (C=O) groups is 1. The summed E-state index contributed by atoms with van der Waals surface area (Å²) in [5.74, 6) is 2.81. The minimum absolute atomic E-state index is 0.249. The molecule has 0 heterocycles. The molecule has 2 aromatic rings. The van der Waals surface area contributed by atoms with Gasteiger partial charge in [-0.2, -0.15) is 0 Å². The molecule has 2 heteroatoms. The average molecular weight is 222 g/mol. The van der Waals surface area contributed by atoms with Gasteiger partial charge in [0.25, 0.3) is 0 Å². The van der Waals surface area contributed by atoms with Gasteiger partial charge in [-0.1, -0.05) is 48.5 Å². The predicted octanol–water partition coefficient (Wildman–Crippen LogP) is 2.91. The van der Waals surface area contributed by atoms with Crippen molar-refractivity contribution in [3.05, 3.63) is 66.2 Å². The second kappa shape index (κ2) is 5.53. The number of Topliss-reactive ketones (excluding diaryl/α,β-unsaturated/α-hetero) is 1. The van der Waals surface area contributed by atoms with Gasteiger partial charge in [-0.05, 0) is 12.1 Å². The van der Waals surface area contributed by atoms with Crippen LogP contribution in [0.2, 0.25) is 0 Å². The lowest BCUT2D eigenvalue weighted by Crippen LogP contribution is -1.94. The summed E-state index contributed by atoms with van der Waals surface area (Å²) in [6.45, 7) is 0. The van der Waals surface area contributed by atoms with Crippen LogP contribution >= 0.6 is 0 Å². The van der Waals surface area contributed by atoms with E-state index in [9.17, 15) is 4.79 Å². The smallest absolute Gasteiger partial charge is 0.239 e. The van der Waals surface area contributed by atoms with E-state index < -0.39 is 0 Å². The highest BCUT2D eigenvalue weighted by Gasteiger charge is 1.99. The van der Waals surface area contributed by atoms with Gasteiger partial charge in [0.2, 0.25) is 5.78 Å². The number of hydrogen-bond acceptors (Lipinski definition) is 2. The third-order valence-electron chi connectivity index (χ3n) is 2.11. The second-order valence-electron chi connectivity index (χ2n) is 3.34. The van der Waals surface area contributed by atoms with Crippen molar-refractivity contribution >= 4 is 5.78 Å². The van der Waals surface area contributed by atoms with Crippen LogP contribution in [0.5, 0.6) is 5.75 Å². The van der Waals surface area contributed by atoms with E-state index in [1.807, 2.05) is 24.3 Å². The third kappa shape index (κ3) is 3.22. The molecule has 0 radical (unpaired) electrons. The van der Waals surface area contributed by atoms with Crippen LogP contribution in [0.15, 0.2) is 60.7 Å². The van der Waals surface area contributed by atoms with Crippen molar-refractivity contribution in [2.75, 3.05) is 0 Å². The van der Waals surface area contributed by atoms with Crippen LogP contribution in [0.1, 0.15) is 10.4 Å². The van der Waals surface area contributed by atoms with Crippen molar-refractivity contribution in [1.29, 1.82) is 0 Å². The summed E-state index contributed by atoms with van der Waals surface area (Å²) in [4.78, 5) is 11.6. The van der Waals surface area contributed by atoms with E-state index in [-0.39, 0.29) is 5.78 Å². The standard InChI is InChI=1S/C15H10O2/c16-15(13-7-3-1-4-8-13)11-12-17-14-9-5-2-6-10-14/h1-10H. The molecule has 0 aliphatic heterocycles. The summed E-state index contributed by atoms with van der Waals surface area (Å²) in [5, 5.41) is 0. The molecular weight excluding hydrogens is 212 g/mol. The summed E-state index contributed by atoms with van der Waals surface area (Å²) in [5.41, 5.74) is 0.566. The number of ketones is 1. The van der Waals surface area contributed by atoms with E-state index in [1.165, 1.54) is 0 Å². The molecule has 0 saturated carbocycles. The Balaban J connectivity index is 2.01. The van der Waals surface area contributed by atoms with Crippen molar-refractivity contribution in [2.45, 2.75) is 0 Å². The molecule has 0 bridgehead atoms. The van der Waals surface area contributed by atoms with Crippen molar-refractivity contribution in [1.82, 2.24) is 0 Å². The Bertz CT molecular complexity index is 548. The topological polar surface area (TPSA) is 26.3 Å². The van der Waals surface area contributed by atoms with E-state index >= 15 is 0 Å². The fourth-order valence-electron chi connectivity index (χ4n) is 1.28. The van der Waals surface area contributed by atoms with Crippen molar-refractivity contribution in [3.8, 4) is 17.8 Å². The van der Waals surface area contributed by atoms with Crippen molar-refractivity contribution < 1.29 is 9.53 Å². The third-order valence-corrected chi connectivity index (χ3v) is 2.11. The lowest BCUT2D eigenvalue weighted by atomic mass is 10.1. The molecule has 0 aliphatic rings. The molecule has 2 aromatic carbocycles. The van der Waals surface area contributed by atoms with Crippen LogP contribution in [0, 0.1) is 12.0 Å². The summed E-state index contributed by atoms with van der Waals surface area (Å²) in [7, 11) is 0. The molecule has 0 atom stereocenters. The van der Waals surface area contributed by atoms with Gasteiger partial charge in [0.15, 0.2) is 0 Å². The van der Waals surface area contributed by atoms with Crippen molar-refractivity contribution in [3.63, 3.8) is 0 Å². The van der Waals surface area contributed by atoms with E-state index in [0.717, 1.165) is 0 Å². The first-order chi connectivity index (χ1) is 8.36. The molecule has 0 N–H and O–H groups in total. The number of rotatable bonds is 2. The summed E-state index contributed by atoms with van der Waals surface area (Å²) >= 11 is 0. The molecule has 0 aliphatic carbocycles. The largest absolute Gasteiger partial charge is 0.407 e. The van der Waals surface area contributed by atoms with Gasteiger partial charge in [0.1, 0.15) is 11.9 Å². The van der Waals surface area contributed by atoms with Gasteiger partial charge in [0, 0.05) is 11.5 Å². The van der Waals surface area contributed by atoms with Gasteiger partial charge in [-0.25, -0.2) is 0 Å². The first-order valence-corrected chi connectivity index (χ1v) is 5.18. The zero-order chi connectivity index (χ0) is 11.9. The molecule has 0 fully saturated rings. The Morgan fingerprint density at radius 1 is 0.882 bits per heavy atom. The Hall–Kier alpha value is -2.53. The highest BCUT2D eigenvalue weighted by atomic mass is 16.5. The van der Waals surface area contributed by atoms with Crippen molar-refractivity contribution in [2.24, 2.45) is 0 Å². The number of hydrogen-bond donors (Lipinski definition) is 0. The highest BCUT2D eigenvalue weighted by Crippen LogP contribution is 2.07. The number of para-hydroxylation sites is 1. The van der Waals surface area contributed by atoms with Gasteiger partial charge >= 0.3 is 0 Å². The Morgan fingerprint density at radius 3 is 2.12 bits per heavy atom. The fraction of sp³-hybridized carbons (Fsp3) is 0. The number of carbonyl (C=O) groups excluding carboxylic acids is 1. The van der Waals surface area contributed by atoms with E-state index in [1.54, 1.807) is 36.4 Å². The lowest BCUT2D eigenvalue weighted by Gasteiger charge is -1.94. The maximum atomic E-state index is 11.6. The quantitative estimate of drug-likeness (QED) is 0.577. The zero-order valence-electron chi connectivity index (χ0n) is 9.09. The first-order valence-electron chi connectivity index (χ1n) is 5.18. The molecule has 2 rings (SSSR count). The molecule has 0 saturated heterocycles. The van der Waals surface area contributed by atoms with Crippen LogP contribution in [0.25, 0.3) is 0 Å². The molecule has 0 aromatic heterocycles. The summed E-state index contributed by atoms with van der Waals surface area (Å²) in [6, 6.07) is 18.0. The van der Waals surface area contributed by atoms with Crippen LogP contribution < -0.4 is 4.74 Å². The minimum atomic E-state index is -0.249. The maximum absolute atomic E-state index is 11.6. The Labute approximate surface area is 99.9 Å². The molecule has 0 spiro atoms. The molecule has 0 unspecified atom stereocenters. The lowest BCUT2D eigenvalue weighted by molar-refractivity contribution is 0.105. The van der Waals surface area contributed by atoms with E-state index in [4.69, 9.17) is 4.74 Å². The SMILES string of the molecule is O=C(C#COc1ccccc1)c1ccccc1. The first kappa shape index (κ1) is 11.0. The average Bonchev–Trinajstić information content (AvgIpc) is 2.41. The fourth-order valence-corrected chi connectivity index (χ4v) is 1.28. The monoisotopic (exact) mass is 222 g/mol. The van der Waals surface area contributed by atoms with Crippen LogP contribution in [0.3, 0.4) is 0 Å². The van der Waals surface area contributed by atoms with Crippen LogP contribution in [-0.2, 0) is 0 Å². The zero-order valence-corrected chi connectivity index (χ0v) is 9.09. The number of ether oxygens (including phenoxy) is 1. The molecule has 17 heavy (non-hydrogen) atoms. The molecular formula is C15H10O2. The summed E-state index contributed by atoms with van der Waals surface area (Å²) < 4.78 is 5.12. The summed E-state index contributed by atoms with van der Waals surface area (Å²) in [6.07, 6.45) is 2.40.